The molecular formula is C5H11N3O2. The lowest BCUT2D eigenvalue weighted by Crippen LogP contribution is -2.42. The Hall–Kier alpha value is -1.10. The summed E-state index contributed by atoms with van der Waals surface area (Å²) in [6, 6.07) is -1.07. The van der Waals surface area contributed by atoms with Crippen LogP contribution in [0.5, 0.6) is 0 Å². The fourth-order valence-electron chi connectivity index (χ4n) is 0.407. The van der Waals surface area contributed by atoms with Gasteiger partial charge in [0.2, 0.25) is 0 Å². The SMILES string of the molecule is CC(C(=N)N)C(N)C(=O)O. The van der Waals surface area contributed by atoms with Crippen LogP contribution in [0.1, 0.15) is 6.92 Å². The number of amidine groups is 1. The molecule has 0 bridgehead atoms. The van der Waals surface area contributed by atoms with Crippen molar-refractivity contribution in [1.82, 2.24) is 0 Å². The van der Waals surface area contributed by atoms with E-state index in [0.717, 1.165) is 0 Å². The fourth-order valence-corrected chi connectivity index (χ4v) is 0.407. The molecule has 0 aromatic heterocycles. The first-order chi connectivity index (χ1) is 4.46. The summed E-state index contributed by atoms with van der Waals surface area (Å²) in [6.07, 6.45) is 0. The molecule has 0 fully saturated rings. The topological polar surface area (TPSA) is 113 Å². The van der Waals surface area contributed by atoms with Gasteiger partial charge in [0.25, 0.3) is 0 Å². The highest BCUT2D eigenvalue weighted by molar-refractivity contribution is 5.86. The second kappa shape index (κ2) is 3.17. The van der Waals surface area contributed by atoms with Crippen LogP contribution in [0, 0.1) is 11.3 Å². The molecule has 0 amide bonds. The Kier molecular flexibility index (Phi) is 2.82. The van der Waals surface area contributed by atoms with Crippen LogP contribution >= 0.6 is 0 Å². The predicted molar refractivity (Wildman–Crippen MR) is 36.7 cm³/mol. The van der Waals surface area contributed by atoms with E-state index in [4.69, 9.17) is 22.0 Å². The van der Waals surface area contributed by atoms with E-state index < -0.39 is 17.9 Å². The van der Waals surface area contributed by atoms with E-state index in [0.29, 0.717) is 0 Å². The van der Waals surface area contributed by atoms with Crippen molar-refractivity contribution < 1.29 is 9.90 Å². The summed E-state index contributed by atoms with van der Waals surface area (Å²) in [5.74, 6) is -1.94. The highest BCUT2D eigenvalue weighted by atomic mass is 16.4. The minimum atomic E-state index is -1.14. The van der Waals surface area contributed by atoms with Crippen LogP contribution in [0.15, 0.2) is 0 Å². The number of nitrogens with one attached hydrogen (secondary N) is 1. The molecule has 6 N–H and O–H groups in total. The van der Waals surface area contributed by atoms with Crippen molar-refractivity contribution >= 4 is 11.8 Å². The smallest absolute Gasteiger partial charge is 0.321 e. The standard InChI is InChI=1S/C5H11N3O2/c1-2(4(7)8)3(6)5(9)10/h2-3H,6H2,1H3,(H3,7,8)(H,9,10). The third-order valence-electron chi connectivity index (χ3n) is 1.31. The number of aliphatic carboxylic acids is 1. The first-order valence-electron chi connectivity index (χ1n) is 2.79. The van der Waals surface area contributed by atoms with Gasteiger partial charge in [0, 0.05) is 5.92 Å². The number of carboxylic acid groups (broad SMARTS) is 1. The lowest BCUT2D eigenvalue weighted by Gasteiger charge is -2.12. The maximum absolute atomic E-state index is 10.2. The molecular weight excluding hydrogens is 134 g/mol. The van der Waals surface area contributed by atoms with E-state index in [1.807, 2.05) is 0 Å². The summed E-state index contributed by atoms with van der Waals surface area (Å²) < 4.78 is 0. The van der Waals surface area contributed by atoms with E-state index in [-0.39, 0.29) is 5.84 Å². The van der Waals surface area contributed by atoms with E-state index in [2.05, 4.69) is 0 Å². The maximum Gasteiger partial charge on any atom is 0.321 e. The monoisotopic (exact) mass is 145 g/mol. The second-order valence-corrected chi connectivity index (χ2v) is 2.11. The third kappa shape index (κ3) is 2.02. The average Bonchev–Trinajstić information content (AvgIpc) is 1.84. The summed E-state index contributed by atoms with van der Waals surface area (Å²) in [5.41, 5.74) is 10.2. The molecule has 10 heavy (non-hydrogen) atoms. The van der Waals surface area contributed by atoms with Gasteiger partial charge in [-0.15, -0.1) is 0 Å². The molecule has 5 heteroatoms. The van der Waals surface area contributed by atoms with Crippen molar-refractivity contribution in [2.75, 3.05) is 0 Å². The van der Waals surface area contributed by atoms with Crippen molar-refractivity contribution in [3.05, 3.63) is 0 Å². The molecule has 0 aliphatic heterocycles. The van der Waals surface area contributed by atoms with Crippen LogP contribution in [-0.4, -0.2) is 23.0 Å². The molecule has 0 aromatic carbocycles. The summed E-state index contributed by atoms with van der Waals surface area (Å²) in [7, 11) is 0. The zero-order valence-electron chi connectivity index (χ0n) is 5.66. The van der Waals surface area contributed by atoms with Crippen molar-refractivity contribution in [3.8, 4) is 0 Å². The molecule has 2 unspecified atom stereocenters. The van der Waals surface area contributed by atoms with Gasteiger partial charge in [0.1, 0.15) is 6.04 Å². The van der Waals surface area contributed by atoms with E-state index in [1.54, 1.807) is 0 Å². The van der Waals surface area contributed by atoms with Gasteiger partial charge in [-0.25, -0.2) is 0 Å². The molecule has 0 saturated heterocycles. The van der Waals surface area contributed by atoms with Crippen LogP contribution in [0.2, 0.25) is 0 Å². The minimum absolute atomic E-state index is 0.199. The molecule has 0 heterocycles. The third-order valence-corrected chi connectivity index (χ3v) is 1.31. The highest BCUT2D eigenvalue weighted by Gasteiger charge is 2.21. The largest absolute Gasteiger partial charge is 0.480 e. The lowest BCUT2D eigenvalue weighted by atomic mass is 10.0. The molecule has 0 rings (SSSR count). The number of nitrogens with two attached hydrogens (primary N) is 2. The van der Waals surface area contributed by atoms with Gasteiger partial charge in [0.05, 0.1) is 5.84 Å². The van der Waals surface area contributed by atoms with Gasteiger partial charge in [-0.2, -0.15) is 0 Å². The molecule has 5 nitrogen and oxygen atoms in total. The quantitative estimate of drug-likeness (QED) is 0.300. The molecule has 0 aromatic rings. The number of rotatable bonds is 3. The van der Waals surface area contributed by atoms with Crippen molar-refractivity contribution in [1.29, 1.82) is 5.41 Å². The van der Waals surface area contributed by atoms with Crippen LogP contribution in [0.3, 0.4) is 0 Å². The fraction of sp³-hybridized carbons (Fsp3) is 0.600. The van der Waals surface area contributed by atoms with Crippen molar-refractivity contribution in [3.63, 3.8) is 0 Å². The number of hydrogen-bond acceptors (Lipinski definition) is 3. The Morgan fingerprint density at radius 1 is 1.70 bits per heavy atom. The Morgan fingerprint density at radius 3 is 2.20 bits per heavy atom. The molecule has 0 aliphatic rings. The summed E-state index contributed by atoms with van der Waals surface area (Å²) in [6.45, 7) is 1.50. The Bertz CT molecular complexity index is 139. The first kappa shape index (κ1) is 8.90. The van der Waals surface area contributed by atoms with Crippen LogP contribution in [0.4, 0.5) is 0 Å². The molecule has 0 aliphatic carbocycles. The summed E-state index contributed by atoms with van der Waals surface area (Å²) in [5, 5.41) is 15.2. The second-order valence-electron chi connectivity index (χ2n) is 2.11. The average molecular weight is 145 g/mol. The molecule has 0 spiro atoms. The number of carbonyl (C=O) groups is 1. The zero-order chi connectivity index (χ0) is 8.31. The minimum Gasteiger partial charge on any atom is -0.480 e. The molecule has 0 saturated carbocycles. The van der Waals surface area contributed by atoms with Gasteiger partial charge in [0.15, 0.2) is 0 Å². The highest BCUT2D eigenvalue weighted by Crippen LogP contribution is 1.98. The Labute approximate surface area is 58.5 Å². The van der Waals surface area contributed by atoms with Crippen LogP contribution in [-0.2, 0) is 4.79 Å². The molecule has 0 radical (unpaired) electrons. The van der Waals surface area contributed by atoms with Gasteiger partial charge in [-0.05, 0) is 0 Å². The van der Waals surface area contributed by atoms with Crippen molar-refractivity contribution in [2.45, 2.75) is 13.0 Å². The Balaban J connectivity index is 4.07. The predicted octanol–water partition coefficient (Wildman–Crippen LogP) is -1.03. The van der Waals surface area contributed by atoms with Crippen molar-refractivity contribution in [2.24, 2.45) is 17.4 Å². The summed E-state index contributed by atoms with van der Waals surface area (Å²) in [4.78, 5) is 10.2. The number of carboxylic acids is 1. The normalized spacial score (nSPS) is 15.8. The van der Waals surface area contributed by atoms with Crippen LogP contribution in [0.25, 0.3) is 0 Å². The van der Waals surface area contributed by atoms with Gasteiger partial charge < -0.3 is 16.6 Å². The van der Waals surface area contributed by atoms with Crippen LogP contribution < -0.4 is 11.5 Å². The van der Waals surface area contributed by atoms with E-state index in [9.17, 15) is 4.79 Å². The van der Waals surface area contributed by atoms with Gasteiger partial charge in [-0.1, -0.05) is 6.92 Å². The van der Waals surface area contributed by atoms with Gasteiger partial charge >= 0.3 is 5.97 Å². The van der Waals surface area contributed by atoms with Gasteiger partial charge in [-0.3, -0.25) is 10.2 Å². The summed E-state index contributed by atoms with van der Waals surface area (Å²) >= 11 is 0. The lowest BCUT2D eigenvalue weighted by molar-refractivity contribution is -0.139. The molecule has 58 valence electrons. The number of hydrogen-bond donors (Lipinski definition) is 4. The van der Waals surface area contributed by atoms with E-state index in [1.165, 1.54) is 6.92 Å². The molecule has 2 atom stereocenters. The van der Waals surface area contributed by atoms with E-state index >= 15 is 0 Å². The Morgan fingerprint density at radius 2 is 2.10 bits per heavy atom. The first-order valence-corrected chi connectivity index (χ1v) is 2.79. The zero-order valence-corrected chi connectivity index (χ0v) is 5.66. The maximum atomic E-state index is 10.2.